The number of hydrogen-bond acceptors (Lipinski definition) is 4. The highest BCUT2D eigenvalue weighted by Crippen LogP contribution is 2.38. The van der Waals surface area contributed by atoms with Crippen molar-refractivity contribution in [3.63, 3.8) is 0 Å². The highest BCUT2D eigenvalue weighted by atomic mass is 16.5. The van der Waals surface area contributed by atoms with Crippen LogP contribution in [0.15, 0.2) is 71.7 Å². The molecule has 34 heavy (non-hydrogen) atoms. The molecule has 7 heteroatoms. The van der Waals surface area contributed by atoms with Crippen LogP contribution in [0.4, 0.5) is 5.69 Å². The minimum absolute atomic E-state index is 0.0100. The molecular weight excluding hydrogens is 430 g/mol. The summed E-state index contributed by atoms with van der Waals surface area (Å²) in [7, 11) is 1.76. The number of rotatable bonds is 4. The van der Waals surface area contributed by atoms with E-state index in [2.05, 4.69) is 17.4 Å². The minimum Gasteiger partial charge on any atom is -0.482 e. The van der Waals surface area contributed by atoms with E-state index in [0.717, 1.165) is 18.4 Å². The number of ether oxygens (including phenoxy) is 1. The molecule has 1 aromatic heterocycles. The maximum atomic E-state index is 13.2. The summed E-state index contributed by atoms with van der Waals surface area (Å²) in [5, 5.41) is 2.76. The molecule has 2 aliphatic heterocycles. The second-order valence-corrected chi connectivity index (χ2v) is 8.97. The number of hydrogen-bond donors (Lipinski definition) is 1. The topological polar surface area (TPSA) is 80.6 Å². The van der Waals surface area contributed by atoms with Crippen molar-refractivity contribution >= 4 is 17.5 Å². The van der Waals surface area contributed by atoms with Crippen molar-refractivity contribution in [2.45, 2.75) is 18.8 Å². The van der Waals surface area contributed by atoms with Crippen molar-refractivity contribution in [1.82, 2.24) is 9.47 Å². The average molecular weight is 458 g/mol. The zero-order chi connectivity index (χ0) is 23.7. The number of amides is 2. The maximum absolute atomic E-state index is 13.2. The van der Waals surface area contributed by atoms with Crippen molar-refractivity contribution in [2.24, 2.45) is 13.0 Å². The Labute approximate surface area is 198 Å². The van der Waals surface area contributed by atoms with E-state index in [-0.39, 0.29) is 29.9 Å². The fourth-order valence-electron chi connectivity index (χ4n) is 4.99. The molecule has 0 radical (unpaired) electrons. The number of carbonyl (C=O) groups is 2. The van der Waals surface area contributed by atoms with Gasteiger partial charge in [-0.1, -0.05) is 30.3 Å². The van der Waals surface area contributed by atoms with Gasteiger partial charge in [-0.05, 0) is 54.2 Å². The number of aryl methyl sites for hydroxylation is 1. The monoisotopic (exact) mass is 457 g/mol. The molecule has 0 saturated carbocycles. The van der Waals surface area contributed by atoms with Gasteiger partial charge >= 0.3 is 0 Å². The van der Waals surface area contributed by atoms with Crippen LogP contribution in [-0.4, -0.2) is 41.0 Å². The van der Waals surface area contributed by atoms with Crippen LogP contribution in [0.1, 0.15) is 40.2 Å². The van der Waals surface area contributed by atoms with E-state index in [1.807, 2.05) is 35.4 Å². The first kappa shape index (κ1) is 21.9. The summed E-state index contributed by atoms with van der Waals surface area (Å²) in [6.45, 7) is 1.26. The first-order valence-corrected chi connectivity index (χ1v) is 11.6. The lowest BCUT2D eigenvalue weighted by Gasteiger charge is -2.37. The molecule has 2 aromatic carbocycles. The molecule has 1 fully saturated rings. The second kappa shape index (κ2) is 9.17. The van der Waals surface area contributed by atoms with Crippen molar-refractivity contribution in [1.29, 1.82) is 0 Å². The van der Waals surface area contributed by atoms with Gasteiger partial charge in [-0.3, -0.25) is 14.4 Å². The lowest BCUT2D eigenvalue weighted by atomic mass is 9.76. The van der Waals surface area contributed by atoms with Gasteiger partial charge in [0, 0.05) is 43.9 Å². The standard InChI is InChI=1S/C27H27N3O4/c1-29-12-9-20(16-25(29)32)26(18-5-3-2-4-6-18)19-10-13-30(14-11-19)27(33)21-7-8-23-22(15-21)28-24(31)17-34-23/h2-9,12,15-16,19,26H,10-11,13-14,17H2,1H3,(H,28,31). The molecule has 2 aliphatic rings. The van der Waals surface area contributed by atoms with Gasteiger partial charge in [0.2, 0.25) is 0 Å². The lowest BCUT2D eigenvalue weighted by Crippen LogP contribution is -2.40. The van der Waals surface area contributed by atoms with Crippen LogP contribution in [0.25, 0.3) is 0 Å². The van der Waals surface area contributed by atoms with Crippen molar-refractivity contribution in [3.05, 3.63) is 93.9 Å². The minimum atomic E-state index is -0.222. The predicted octanol–water partition coefficient (Wildman–Crippen LogP) is 3.40. The molecule has 1 saturated heterocycles. The van der Waals surface area contributed by atoms with Gasteiger partial charge in [-0.25, -0.2) is 0 Å². The number of likely N-dealkylation sites (tertiary alicyclic amines) is 1. The molecule has 0 aliphatic carbocycles. The molecule has 1 atom stereocenters. The molecule has 0 spiro atoms. The molecule has 1 N–H and O–H groups in total. The number of aromatic nitrogens is 1. The van der Waals surface area contributed by atoms with Crippen molar-refractivity contribution in [3.8, 4) is 5.75 Å². The van der Waals surface area contributed by atoms with Crippen molar-refractivity contribution < 1.29 is 14.3 Å². The van der Waals surface area contributed by atoms with E-state index in [1.54, 1.807) is 35.9 Å². The van der Waals surface area contributed by atoms with Crippen LogP contribution in [0.5, 0.6) is 5.75 Å². The molecular formula is C27H27N3O4. The van der Waals surface area contributed by atoms with E-state index in [1.165, 1.54) is 5.56 Å². The lowest BCUT2D eigenvalue weighted by molar-refractivity contribution is -0.118. The molecule has 2 amide bonds. The first-order chi connectivity index (χ1) is 16.5. The normalized spacial score (nSPS) is 16.9. The van der Waals surface area contributed by atoms with Crippen LogP contribution in [-0.2, 0) is 11.8 Å². The summed E-state index contributed by atoms with van der Waals surface area (Å²) in [5.74, 6) is 0.722. The molecule has 3 heterocycles. The number of nitrogens with zero attached hydrogens (tertiary/aromatic N) is 2. The van der Waals surface area contributed by atoms with Crippen LogP contribution < -0.4 is 15.6 Å². The van der Waals surface area contributed by atoms with Crippen LogP contribution in [0, 0.1) is 5.92 Å². The number of nitrogens with one attached hydrogen (secondary N) is 1. The molecule has 174 valence electrons. The van der Waals surface area contributed by atoms with Crippen LogP contribution in [0.2, 0.25) is 0 Å². The molecule has 7 nitrogen and oxygen atoms in total. The highest BCUT2D eigenvalue weighted by Gasteiger charge is 2.31. The van der Waals surface area contributed by atoms with Gasteiger partial charge in [0.1, 0.15) is 5.75 Å². The summed E-state index contributed by atoms with van der Waals surface area (Å²) in [6.07, 6.45) is 3.50. The summed E-state index contributed by atoms with van der Waals surface area (Å²) in [6, 6.07) is 19.2. The third kappa shape index (κ3) is 4.33. The third-order valence-corrected chi connectivity index (χ3v) is 6.80. The molecule has 5 rings (SSSR count). The smallest absolute Gasteiger partial charge is 0.262 e. The summed E-state index contributed by atoms with van der Waals surface area (Å²) < 4.78 is 6.98. The Hall–Kier alpha value is -3.87. The third-order valence-electron chi connectivity index (χ3n) is 6.80. The summed E-state index contributed by atoms with van der Waals surface area (Å²) in [4.78, 5) is 39.0. The zero-order valence-electron chi connectivity index (χ0n) is 19.1. The number of fused-ring (bicyclic) bond motifs is 1. The largest absolute Gasteiger partial charge is 0.482 e. The van der Waals surface area contributed by atoms with E-state index < -0.39 is 0 Å². The Bertz CT molecular complexity index is 1280. The SMILES string of the molecule is Cn1ccc(C(c2ccccc2)C2CCN(C(=O)c3ccc4c(c3)NC(=O)CO4)CC2)cc1=O. The van der Waals surface area contributed by atoms with E-state index >= 15 is 0 Å². The quantitative estimate of drug-likeness (QED) is 0.651. The Kier molecular flexibility index (Phi) is 5.92. The summed E-state index contributed by atoms with van der Waals surface area (Å²) >= 11 is 0. The Morgan fingerprint density at radius 3 is 2.50 bits per heavy atom. The first-order valence-electron chi connectivity index (χ1n) is 11.6. The van der Waals surface area contributed by atoms with E-state index in [4.69, 9.17) is 4.74 Å². The fourth-order valence-corrected chi connectivity index (χ4v) is 4.99. The average Bonchev–Trinajstić information content (AvgIpc) is 2.86. The molecule has 1 unspecified atom stereocenters. The highest BCUT2D eigenvalue weighted by molar-refractivity contribution is 5.99. The van der Waals surface area contributed by atoms with Crippen molar-refractivity contribution in [2.75, 3.05) is 25.0 Å². The Morgan fingerprint density at radius 1 is 1.00 bits per heavy atom. The number of carbonyl (C=O) groups excluding carboxylic acids is 2. The van der Waals surface area contributed by atoms with Gasteiger partial charge < -0.3 is 19.5 Å². The molecule has 3 aromatic rings. The van der Waals surface area contributed by atoms with Crippen LogP contribution in [0.3, 0.4) is 0 Å². The second-order valence-electron chi connectivity index (χ2n) is 8.97. The number of piperidine rings is 1. The zero-order valence-corrected chi connectivity index (χ0v) is 19.1. The van der Waals surface area contributed by atoms with Gasteiger partial charge in [0.15, 0.2) is 6.61 Å². The van der Waals surface area contributed by atoms with Gasteiger partial charge in [-0.15, -0.1) is 0 Å². The van der Waals surface area contributed by atoms with E-state index in [0.29, 0.717) is 36.0 Å². The van der Waals surface area contributed by atoms with Gasteiger partial charge in [0.25, 0.3) is 17.4 Å². The fraction of sp³-hybridized carbons (Fsp3) is 0.296. The Balaban J connectivity index is 1.34. The number of anilines is 1. The van der Waals surface area contributed by atoms with Crippen LogP contribution >= 0.6 is 0 Å². The van der Waals surface area contributed by atoms with Gasteiger partial charge in [-0.2, -0.15) is 0 Å². The number of pyridine rings is 1. The van der Waals surface area contributed by atoms with Gasteiger partial charge in [0.05, 0.1) is 5.69 Å². The summed E-state index contributed by atoms with van der Waals surface area (Å²) in [5.41, 5.74) is 3.26. The Morgan fingerprint density at radius 2 is 1.76 bits per heavy atom. The number of benzene rings is 2. The molecule has 0 bridgehead atoms. The maximum Gasteiger partial charge on any atom is 0.262 e. The van der Waals surface area contributed by atoms with E-state index in [9.17, 15) is 14.4 Å². The predicted molar refractivity (Wildman–Crippen MR) is 129 cm³/mol.